The van der Waals surface area contributed by atoms with Crippen LogP contribution >= 0.6 is 0 Å². The monoisotopic (exact) mass is 328 g/mol. The summed E-state index contributed by atoms with van der Waals surface area (Å²) in [4.78, 5) is 25.9. The number of halogens is 1. The van der Waals surface area contributed by atoms with E-state index in [-0.39, 0.29) is 30.4 Å². The van der Waals surface area contributed by atoms with Crippen molar-refractivity contribution >= 4 is 5.91 Å². The summed E-state index contributed by atoms with van der Waals surface area (Å²) in [5, 5.41) is 13.2. The lowest BCUT2D eigenvalue weighted by Crippen LogP contribution is -2.36. The Labute approximate surface area is 138 Å². The van der Waals surface area contributed by atoms with E-state index in [1.165, 1.54) is 17.0 Å². The molecule has 2 aromatic rings. The summed E-state index contributed by atoms with van der Waals surface area (Å²) in [6, 6.07) is 7.68. The van der Waals surface area contributed by atoms with E-state index < -0.39 is 5.56 Å². The van der Waals surface area contributed by atoms with Gasteiger partial charge >= 0.3 is 0 Å². The smallest absolute Gasteiger partial charge is 0.285 e. The molecular weight excluding hydrogens is 311 g/mol. The Morgan fingerprint density at radius 1 is 1.33 bits per heavy atom. The van der Waals surface area contributed by atoms with Gasteiger partial charge in [0.1, 0.15) is 24.0 Å². The number of nitriles is 1. The zero-order valence-electron chi connectivity index (χ0n) is 13.7. The van der Waals surface area contributed by atoms with E-state index >= 15 is 0 Å². The standard InChI is InChI=1S/C17H17FN4O2/c1-11-12(2)20-22(17(24)15(11)8-19)10-16(23)21(3)9-13-4-6-14(18)7-5-13/h4-7H,9-10H2,1-3H3. The highest BCUT2D eigenvalue weighted by atomic mass is 19.1. The SMILES string of the molecule is Cc1nn(CC(=O)N(C)Cc2ccc(F)cc2)c(=O)c(C#N)c1C. The molecule has 0 aliphatic rings. The first-order chi connectivity index (χ1) is 11.3. The van der Waals surface area contributed by atoms with Crippen LogP contribution in [0.2, 0.25) is 0 Å². The van der Waals surface area contributed by atoms with Crippen molar-refractivity contribution in [1.82, 2.24) is 14.7 Å². The number of hydrogen-bond acceptors (Lipinski definition) is 4. The molecule has 0 atom stereocenters. The highest BCUT2D eigenvalue weighted by Crippen LogP contribution is 2.07. The van der Waals surface area contributed by atoms with Crippen LogP contribution in [0.4, 0.5) is 4.39 Å². The summed E-state index contributed by atoms with van der Waals surface area (Å²) in [6.07, 6.45) is 0. The first kappa shape index (κ1) is 17.3. The third-order valence-electron chi connectivity index (χ3n) is 3.79. The second-order valence-corrected chi connectivity index (χ2v) is 5.54. The molecule has 7 heteroatoms. The molecule has 2 rings (SSSR count). The molecular formula is C17H17FN4O2. The van der Waals surface area contributed by atoms with Crippen molar-refractivity contribution in [2.24, 2.45) is 0 Å². The highest BCUT2D eigenvalue weighted by Gasteiger charge is 2.16. The fourth-order valence-electron chi connectivity index (χ4n) is 2.21. The number of aromatic nitrogens is 2. The van der Waals surface area contributed by atoms with Crippen LogP contribution in [0.25, 0.3) is 0 Å². The van der Waals surface area contributed by atoms with Crippen molar-refractivity contribution in [3.05, 3.63) is 62.8 Å². The van der Waals surface area contributed by atoms with Crippen molar-refractivity contribution < 1.29 is 9.18 Å². The molecule has 24 heavy (non-hydrogen) atoms. The van der Waals surface area contributed by atoms with Crippen LogP contribution in [0.5, 0.6) is 0 Å². The van der Waals surface area contributed by atoms with Gasteiger partial charge in [-0.3, -0.25) is 9.59 Å². The normalized spacial score (nSPS) is 10.3. The van der Waals surface area contributed by atoms with Crippen LogP contribution in [0.1, 0.15) is 22.4 Å². The first-order valence-electron chi connectivity index (χ1n) is 7.30. The van der Waals surface area contributed by atoms with Crippen LogP contribution in [0, 0.1) is 31.0 Å². The van der Waals surface area contributed by atoms with Crippen molar-refractivity contribution in [3.63, 3.8) is 0 Å². The van der Waals surface area contributed by atoms with Gasteiger partial charge in [0.2, 0.25) is 5.91 Å². The zero-order valence-corrected chi connectivity index (χ0v) is 13.7. The van der Waals surface area contributed by atoms with E-state index in [0.29, 0.717) is 11.3 Å². The Morgan fingerprint density at radius 2 is 1.96 bits per heavy atom. The first-order valence-corrected chi connectivity index (χ1v) is 7.30. The van der Waals surface area contributed by atoms with Crippen molar-refractivity contribution in [1.29, 1.82) is 5.26 Å². The molecule has 0 aliphatic carbocycles. The van der Waals surface area contributed by atoms with Gasteiger partial charge in [-0.15, -0.1) is 0 Å². The quantitative estimate of drug-likeness (QED) is 0.852. The zero-order chi connectivity index (χ0) is 17.9. The van der Waals surface area contributed by atoms with E-state index in [1.807, 2.05) is 6.07 Å². The van der Waals surface area contributed by atoms with E-state index in [1.54, 1.807) is 33.0 Å². The maximum Gasteiger partial charge on any atom is 0.285 e. The van der Waals surface area contributed by atoms with Gasteiger partial charge in [-0.2, -0.15) is 10.4 Å². The van der Waals surface area contributed by atoms with E-state index in [2.05, 4.69) is 5.10 Å². The van der Waals surface area contributed by atoms with Gasteiger partial charge in [0.25, 0.3) is 5.56 Å². The van der Waals surface area contributed by atoms with Crippen molar-refractivity contribution in [2.45, 2.75) is 26.9 Å². The number of benzene rings is 1. The molecule has 1 aromatic heterocycles. The number of carbonyl (C=O) groups is 1. The molecule has 1 heterocycles. The Kier molecular flexibility index (Phi) is 5.09. The molecule has 0 aliphatic heterocycles. The summed E-state index contributed by atoms with van der Waals surface area (Å²) in [7, 11) is 1.59. The van der Waals surface area contributed by atoms with Gasteiger partial charge in [0.05, 0.1) is 5.69 Å². The average Bonchev–Trinajstić information content (AvgIpc) is 2.55. The predicted octanol–water partition coefficient (Wildman–Crippen LogP) is 1.53. The fourth-order valence-corrected chi connectivity index (χ4v) is 2.21. The summed E-state index contributed by atoms with van der Waals surface area (Å²) >= 11 is 0. The van der Waals surface area contributed by atoms with Gasteiger partial charge in [-0.25, -0.2) is 9.07 Å². The Bertz CT molecular complexity index is 866. The van der Waals surface area contributed by atoms with Crippen LogP contribution in [-0.2, 0) is 17.9 Å². The van der Waals surface area contributed by atoms with Crippen molar-refractivity contribution in [2.75, 3.05) is 7.05 Å². The lowest BCUT2D eigenvalue weighted by Gasteiger charge is -2.18. The second kappa shape index (κ2) is 7.04. The topological polar surface area (TPSA) is 79.0 Å². The predicted molar refractivity (Wildman–Crippen MR) is 85.6 cm³/mol. The van der Waals surface area contributed by atoms with E-state index in [0.717, 1.165) is 10.2 Å². The Balaban J connectivity index is 2.17. The summed E-state index contributed by atoms with van der Waals surface area (Å²) in [5.41, 5.74) is 1.23. The summed E-state index contributed by atoms with van der Waals surface area (Å²) in [5.74, 6) is -0.677. The van der Waals surface area contributed by atoms with Gasteiger partial charge < -0.3 is 4.90 Å². The molecule has 0 saturated carbocycles. The van der Waals surface area contributed by atoms with Crippen LogP contribution in [-0.4, -0.2) is 27.6 Å². The minimum absolute atomic E-state index is 0.00325. The van der Waals surface area contributed by atoms with Gasteiger partial charge in [-0.1, -0.05) is 12.1 Å². The molecule has 0 unspecified atom stereocenters. The molecule has 0 spiro atoms. The molecule has 0 saturated heterocycles. The number of aryl methyl sites for hydroxylation is 1. The number of hydrogen-bond donors (Lipinski definition) is 0. The van der Waals surface area contributed by atoms with Crippen LogP contribution in [0.3, 0.4) is 0 Å². The minimum Gasteiger partial charge on any atom is -0.340 e. The largest absolute Gasteiger partial charge is 0.340 e. The van der Waals surface area contributed by atoms with Gasteiger partial charge in [-0.05, 0) is 37.1 Å². The molecule has 0 bridgehead atoms. The molecule has 1 aromatic carbocycles. The molecule has 0 N–H and O–H groups in total. The summed E-state index contributed by atoms with van der Waals surface area (Å²) in [6.45, 7) is 3.35. The average molecular weight is 328 g/mol. The molecule has 6 nitrogen and oxygen atoms in total. The van der Waals surface area contributed by atoms with Crippen molar-refractivity contribution in [3.8, 4) is 6.07 Å². The Hall–Kier alpha value is -3.01. The number of likely N-dealkylation sites (N-methyl/N-ethyl adjacent to an activating group) is 1. The van der Waals surface area contributed by atoms with Gasteiger partial charge in [0, 0.05) is 13.6 Å². The summed E-state index contributed by atoms with van der Waals surface area (Å²) < 4.78 is 13.9. The molecule has 124 valence electrons. The number of nitrogens with zero attached hydrogens (tertiary/aromatic N) is 4. The van der Waals surface area contributed by atoms with Gasteiger partial charge in [0.15, 0.2) is 0 Å². The van der Waals surface area contributed by atoms with Crippen LogP contribution in [0.15, 0.2) is 29.1 Å². The third-order valence-corrected chi connectivity index (χ3v) is 3.79. The van der Waals surface area contributed by atoms with Crippen LogP contribution < -0.4 is 5.56 Å². The Morgan fingerprint density at radius 3 is 2.54 bits per heavy atom. The third kappa shape index (κ3) is 3.66. The minimum atomic E-state index is -0.580. The second-order valence-electron chi connectivity index (χ2n) is 5.54. The maximum atomic E-state index is 12.9. The number of carbonyl (C=O) groups excluding carboxylic acids is 1. The number of amides is 1. The lowest BCUT2D eigenvalue weighted by molar-refractivity contribution is -0.131. The fraction of sp³-hybridized carbons (Fsp3) is 0.294. The molecule has 0 radical (unpaired) electrons. The molecule has 0 fully saturated rings. The highest BCUT2D eigenvalue weighted by molar-refractivity contribution is 5.75. The van der Waals surface area contributed by atoms with E-state index in [9.17, 15) is 14.0 Å². The maximum absolute atomic E-state index is 12.9. The lowest BCUT2D eigenvalue weighted by atomic mass is 10.1. The molecule has 1 amide bonds. The number of rotatable bonds is 4. The van der Waals surface area contributed by atoms with E-state index in [4.69, 9.17) is 5.26 Å².